The fourth-order valence-corrected chi connectivity index (χ4v) is 3.30. The average molecular weight is 327 g/mol. The quantitative estimate of drug-likeness (QED) is 0.797. The smallest absolute Gasteiger partial charge is 0.223 e. The van der Waals surface area contributed by atoms with E-state index in [0.29, 0.717) is 6.54 Å². The molecule has 1 fully saturated rings. The molecule has 24 heavy (non-hydrogen) atoms. The number of nitrogens with one attached hydrogen (secondary N) is 1. The minimum Gasteiger partial charge on any atom is -0.497 e. The van der Waals surface area contributed by atoms with Crippen LogP contribution in [0.2, 0.25) is 0 Å². The zero-order valence-electron chi connectivity index (χ0n) is 14.9. The van der Waals surface area contributed by atoms with Gasteiger partial charge in [-0.15, -0.1) is 0 Å². The van der Waals surface area contributed by atoms with Crippen molar-refractivity contribution >= 4 is 5.91 Å². The molecule has 0 aromatic heterocycles. The summed E-state index contributed by atoms with van der Waals surface area (Å²) in [5.74, 6) is 8.11. The third-order valence-electron chi connectivity index (χ3n) is 4.86. The van der Waals surface area contributed by atoms with Crippen LogP contribution < -0.4 is 10.1 Å². The molecule has 3 nitrogen and oxygen atoms in total. The third-order valence-corrected chi connectivity index (χ3v) is 4.86. The first-order valence-corrected chi connectivity index (χ1v) is 9.13. The van der Waals surface area contributed by atoms with Crippen LogP contribution in [0.1, 0.15) is 57.4 Å². The minimum atomic E-state index is 0.174. The molecule has 130 valence electrons. The molecule has 0 bridgehead atoms. The van der Waals surface area contributed by atoms with Gasteiger partial charge in [0.05, 0.1) is 13.7 Å². The molecule has 3 heteroatoms. The fraction of sp³-hybridized carbons (Fsp3) is 0.571. The summed E-state index contributed by atoms with van der Waals surface area (Å²) in [4.78, 5) is 12.2. The first-order valence-electron chi connectivity index (χ1n) is 9.13. The van der Waals surface area contributed by atoms with Crippen LogP contribution >= 0.6 is 0 Å². The lowest BCUT2D eigenvalue weighted by Gasteiger charge is -2.27. The van der Waals surface area contributed by atoms with E-state index in [1.807, 2.05) is 24.3 Å². The molecule has 0 radical (unpaired) electrons. The molecule has 1 saturated carbocycles. The van der Waals surface area contributed by atoms with Gasteiger partial charge >= 0.3 is 0 Å². The molecule has 1 N–H and O–H groups in total. The van der Waals surface area contributed by atoms with Crippen molar-refractivity contribution in [2.24, 2.45) is 11.8 Å². The number of rotatable bonds is 6. The zero-order valence-corrected chi connectivity index (χ0v) is 14.9. The monoisotopic (exact) mass is 327 g/mol. The summed E-state index contributed by atoms with van der Waals surface area (Å²) in [6.07, 6.45) is 8.40. The number of benzene rings is 1. The second-order valence-electron chi connectivity index (χ2n) is 6.61. The van der Waals surface area contributed by atoms with Crippen LogP contribution in [0, 0.1) is 23.7 Å². The standard InChI is InChI=1S/C21H29NO2/c1-3-4-6-17-8-12-19(13-9-17)21(23)22-16-5-7-18-10-14-20(24-2)15-11-18/h10-11,14-15,17,19H,3-4,6,8-9,12-13,16H2,1-2H3,(H,22,23). The normalized spacial score (nSPS) is 19.9. The van der Waals surface area contributed by atoms with Crippen molar-refractivity contribution in [2.45, 2.75) is 51.9 Å². The molecule has 0 heterocycles. The lowest BCUT2D eigenvalue weighted by atomic mass is 9.79. The van der Waals surface area contributed by atoms with E-state index >= 15 is 0 Å². The number of carbonyl (C=O) groups is 1. The fourth-order valence-electron chi connectivity index (χ4n) is 3.30. The summed E-state index contributed by atoms with van der Waals surface area (Å²) in [5.41, 5.74) is 0.932. The average Bonchev–Trinajstić information content (AvgIpc) is 2.64. The van der Waals surface area contributed by atoms with Crippen LogP contribution in [0.4, 0.5) is 0 Å². The first kappa shape index (κ1) is 18.4. The van der Waals surface area contributed by atoms with Gasteiger partial charge in [0.15, 0.2) is 0 Å². The van der Waals surface area contributed by atoms with Gasteiger partial charge < -0.3 is 10.1 Å². The maximum Gasteiger partial charge on any atom is 0.223 e. The van der Waals surface area contributed by atoms with Gasteiger partial charge in [0.1, 0.15) is 5.75 Å². The summed E-state index contributed by atoms with van der Waals surface area (Å²) in [5, 5.41) is 2.97. The Labute approximate surface area is 146 Å². The Morgan fingerprint density at radius 1 is 1.21 bits per heavy atom. The van der Waals surface area contributed by atoms with E-state index < -0.39 is 0 Å². The van der Waals surface area contributed by atoms with E-state index in [1.54, 1.807) is 7.11 Å². The van der Waals surface area contributed by atoms with Crippen molar-refractivity contribution in [3.8, 4) is 17.6 Å². The van der Waals surface area contributed by atoms with Gasteiger partial charge in [-0.25, -0.2) is 0 Å². The second kappa shape index (κ2) is 10.0. The van der Waals surface area contributed by atoms with E-state index in [-0.39, 0.29) is 11.8 Å². The van der Waals surface area contributed by atoms with Crippen molar-refractivity contribution in [1.82, 2.24) is 5.32 Å². The number of hydrogen-bond donors (Lipinski definition) is 1. The van der Waals surface area contributed by atoms with E-state index in [9.17, 15) is 4.79 Å². The largest absolute Gasteiger partial charge is 0.497 e. The van der Waals surface area contributed by atoms with E-state index in [0.717, 1.165) is 30.1 Å². The number of unbranched alkanes of at least 4 members (excludes halogenated alkanes) is 1. The Hall–Kier alpha value is -1.95. The molecule has 0 unspecified atom stereocenters. The number of amides is 1. The Bertz CT molecular complexity index is 560. The molecule has 1 aliphatic carbocycles. The highest BCUT2D eigenvalue weighted by Crippen LogP contribution is 2.31. The van der Waals surface area contributed by atoms with Crippen molar-refractivity contribution in [1.29, 1.82) is 0 Å². The highest BCUT2D eigenvalue weighted by Gasteiger charge is 2.25. The Kier molecular flexibility index (Phi) is 7.68. The van der Waals surface area contributed by atoms with E-state index in [2.05, 4.69) is 24.1 Å². The first-order chi connectivity index (χ1) is 11.7. The van der Waals surface area contributed by atoms with Gasteiger partial charge in [0.2, 0.25) is 5.91 Å². The molecule has 1 aliphatic rings. The SMILES string of the molecule is CCCCC1CCC(C(=O)NCC#Cc2ccc(OC)cc2)CC1. The highest BCUT2D eigenvalue weighted by atomic mass is 16.5. The lowest BCUT2D eigenvalue weighted by Crippen LogP contribution is -2.33. The van der Waals surface area contributed by atoms with Crippen LogP contribution in [0.5, 0.6) is 5.75 Å². The molecule has 1 aromatic rings. The highest BCUT2D eigenvalue weighted by molar-refractivity contribution is 5.78. The molecule has 1 aromatic carbocycles. The molecule has 2 rings (SSSR count). The Morgan fingerprint density at radius 3 is 2.54 bits per heavy atom. The predicted molar refractivity (Wildman–Crippen MR) is 97.9 cm³/mol. The van der Waals surface area contributed by atoms with Gasteiger partial charge in [-0.1, -0.05) is 38.0 Å². The minimum absolute atomic E-state index is 0.174. The van der Waals surface area contributed by atoms with Gasteiger partial charge in [0.25, 0.3) is 0 Å². The second-order valence-corrected chi connectivity index (χ2v) is 6.61. The van der Waals surface area contributed by atoms with Crippen molar-refractivity contribution in [3.63, 3.8) is 0 Å². The molecule has 1 amide bonds. The number of hydrogen-bond acceptors (Lipinski definition) is 2. The molecular formula is C21H29NO2. The van der Waals surface area contributed by atoms with Crippen LogP contribution in [0.15, 0.2) is 24.3 Å². The van der Waals surface area contributed by atoms with Gasteiger partial charge in [0, 0.05) is 11.5 Å². The number of methoxy groups -OCH3 is 1. The van der Waals surface area contributed by atoms with E-state index in [4.69, 9.17) is 4.74 Å². The van der Waals surface area contributed by atoms with Gasteiger partial charge in [-0.2, -0.15) is 0 Å². The lowest BCUT2D eigenvalue weighted by molar-refractivity contribution is -0.125. The number of ether oxygens (including phenoxy) is 1. The third kappa shape index (κ3) is 5.92. The summed E-state index contributed by atoms with van der Waals surface area (Å²) in [7, 11) is 1.65. The Morgan fingerprint density at radius 2 is 1.92 bits per heavy atom. The number of carbonyl (C=O) groups excluding carboxylic acids is 1. The maximum absolute atomic E-state index is 12.2. The molecule has 0 aliphatic heterocycles. The van der Waals surface area contributed by atoms with Crippen LogP contribution in [0.25, 0.3) is 0 Å². The van der Waals surface area contributed by atoms with Crippen LogP contribution in [-0.2, 0) is 4.79 Å². The molecule has 0 saturated heterocycles. The van der Waals surface area contributed by atoms with Crippen molar-refractivity contribution < 1.29 is 9.53 Å². The Balaban J connectivity index is 1.69. The van der Waals surface area contributed by atoms with Gasteiger partial charge in [-0.3, -0.25) is 4.79 Å². The molecule has 0 spiro atoms. The van der Waals surface area contributed by atoms with Crippen molar-refractivity contribution in [3.05, 3.63) is 29.8 Å². The van der Waals surface area contributed by atoms with Crippen molar-refractivity contribution in [2.75, 3.05) is 13.7 Å². The van der Waals surface area contributed by atoms with Gasteiger partial charge in [-0.05, 0) is 55.9 Å². The topological polar surface area (TPSA) is 38.3 Å². The summed E-state index contributed by atoms with van der Waals surface area (Å²) in [6, 6.07) is 7.62. The maximum atomic E-state index is 12.2. The summed E-state index contributed by atoms with van der Waals surface area (Å²) < 4.78 is 5.12. The molecular weight excluding hydrogens is 298 g/mol. The predicted octanol–water partition coefficient (Wildman–Crippen LogP) is 4.16. The van der Waals surface area contributed by atoms with E-state index in [1.165, 1.54) is 32.1 Å². The summed E-state index contributed by atoms with van der Waals surface area (Å²) >= 11 is 0. The summed E-state index contributed by atoms with van der Waals surface area (Å²) in [6.45, 7) is 2.66. The molecule has 0 atom stereocenters. The van der Waals surface area contributed by atoms with Crippen LogP contribution in [0.3, 0.4) is 0 Å². The van der Waals surface area contributed by atoms with Crippen LogP contribution in [-0.4, -0.2) is 19.6 Å². The zero-order chi connectivity index (χ0) is 17.2.